The van der Waals surface area contributed by atoms with Gasteiger partial charge in [-0.3, -0.25) is 14.8 Å². The number of Topliss-reactive ketones (excluding diaryl/α,β-unsaturated/α-hetero) is 1. The molecule has 22 heteroatoms. The van der Waals surface area contributed by atoms with Crippen LogP contribution in [0.25, 0.3) is 5.69 Å². The first-order valence-corrected chi connectivity index (χ1v) is 16.8. The van der Waals surface area contributed by atoms with Gasteiger partial charge in [0.2, 0.25) is 21.5 Å². The number of carboxylic acid groups (broad SMARTS) is 1. The van der Waals surface area contributed by atoms with Crippen LogP contribution in [0, 0.1) is 5.92 Å². The second-order valence-electron chi connectivity index (χ2n) is 9.69. The minimum Gasteiger partial charge on any atom is -0.481 e. The van der Waals surface area contributed by atoms with Crippen molar-refractivity contribution in [1.29, 1.82) is 0 Å². The maximum atomic E-state index is 12.3. The molecular formula is C27H23Cl5N8O8S. The number of rotatable bonds is 10. The van der Waals surface area contributed by atoms with E-state index in [0.29, 0.717) is 5.02 Å². The topological polar surface area (TPSA) is 217 Å². The summed E-state index contributed by atoms with van der Waals surface area (Å²) >= 11 is 29.1. The number of para-hydroxylation sites is 1. The van der Waals surface area contributed by atoms with Crippen LogP contribution in [0.4, 0.5) is 16.4 Å². The average Bonchev–Trinajstić information content (AvgIpc) is 3.77. The highest BCUT2D eigenvalue weighted by atomic mass is 35.6. The molecule has 5 rings (SSSR count). The van der Waals surface area contributed by atoms with Crippen LogP contribution in [-0.4, -0.2) is 70.3 Å². The summed E-state index contributed by atoms with van der Waals surface area (Å²) in [4.78, 5) is 46.8. The summed E-state index contributed by atoms with van der Waals surface area (Å²) in [5.41, 5.74) is 0.628. The Morgan fingerprint density at radius 1 is 0.959 bits per heavy atom. The predicted octanol–water partition coefficient (Wildman–Crippen LogP) is 5.66. The summed E-state index contributed by atoms with van der Waals surface area (Å²) in [6.45, 7) is 0. The second-order valence-corrected chi connectivity index (χ2v) is 14.2. The predicted molar refractivity (Wildman–Crippen MR) is 181 cm³/mol. The Morgan fingerprint density at radius 2 is 1.59 bits per heavy atom. The normalized spacial score (nSPS) is 12.6. The van der Waals surface area contributed by atoms with E-state index in [0.717, 1.165) is 17.5 Å². The number of benzene rings is 2. The van der Waals surface area contributed by atoms with E-state index < -0.39 is 31.8 Å². The van der Waals surface area contributed by atoms with Gasteiger partial charge in [-0.25, -0.2) is 24.0 Å². The van der Waals surface area contributed by atoms with Crippen molar-refractivity contribution in [2.24, 2.45) is 5.92 Å². The van der Waals surface area contributed by atoms with Crippen LogP contribution < -0.4 is 24.2 Å². The molecular weight excluding hydrogens is 774 g/mol. The molecule has 2 aromatic carbocycles. The van der Waals surface area contributed by atoms with Crippen molar-refractivity contribution in [2.75, 3.05) is 24.3 Å². The first-order chi connectivity index (χ1) is 23.0. The Bertz CT molecular complexity index is 1980. The second kappa shape index (κ2) is 15.6. The quantitative estimate of drug-likeness (QED) is 0.113. The Labute approximate surface area is 303 Å². The number of halogens is 5. The zero-order valence-corrected chi connectivity index (χ0v) is 29.5. The summed E-state index contributed by atoms with van der Waals surface area (Å²) in [6.07, 6.45) is 1.56. The number of nitrogens with one attached hydrogen (secondary N) is 3. The number of urea groups is 1. The van der Waals surface area contributed by atoms with Gasteiger partial charge >= 0.3 is 22.2 Å². The highest BCUT2D eigenvalue weighted by Crippen LogP contribution is 2.39. The van der Waals surface area contributed by atoms with Gasteiger partial charge < -0.3 is 14.6 Å². The van der Waals surface area contributed by atoms with E-state index in [9.17, 15) is 22.8 Å². The SMILES string of the molecule is COc1cc(OC)nc(NC(=O)NS(=O)(=O)Nc2ccccc2C(=O)C2CC2)n1.O=C(O)c1nc(C(Cl)(Cl)Cl)n(-c2ccc(Cl)cc2Cl)n1. The van der Waals surface area contributed by atoms with Crippen LogP contribution >= 0.6 is 58.0 Å². The van der Waals surface area contributed by atoms with Gasteiger partial charge in [-0.05, 0) is 43.2 Å². The zero-order chi connectivity index (χ0) is 36.1. The lowest BCUT2D eigenvalue weighted by atomic mass is 10.1. The summed E-state index contributed by atoms with van der Waals surface area (Å²) in [5.74, 6) is -2.29. The molecule has 2 amide bonds. The molecule has 4 aromatic rings. The fraction of sp³-hybridized carbons (Fsp3) is 0.222. The third-order valence-electron chi connectivity index (χ3n) is 6.12. The number of anilines is 2. The van der Waals surface area contributed by atoms with Crippen LogP contribution in [0.15, 0.2) is 48.5 Å². The molecule has 0 unspecified atom stereocenters. The van der Waals surface area contributed by atoms with Gasteiger partial charge in [0, 0.05) is 16.5 Å². The van der Waals surface area contributed by atoms with Crippen molar-refractivity contribution in [2.45, 2.75) is 16.6 Å². The molecule has 2 aromatic heterocycles. The molecule has 0 saturated heterocycles. The summed E-state index contributed by atoms with van der Waals surface area (Å²) in [6, 6.07) is 11.0. The van der Waals surface area contributed by atoms with E-state index in [4.69, 9.17) is 72.6 Å². The number of alkyl halides is 3. The Morgan fingerprint density at radius 3 is 2.14 bits per heavy atom. The third-order valence-corrected chi connectivity index (χ3v) is 8.11. The number of nitrogens with zero attached hydrogens (tertiary/aromatic N) is 5. The van der Waals surface area contributed by atoms with E-state index in [2.05, 4.69) is 30.1 Å². The third kappa shape index (κ3) is 10.2. The number of carbonyl (C=O) groups is 3. The van der Waals surface area contributed by atoms with Crippen molar-refractivity contribution in [3.63, 3.8) is 0 Å². The molecule has 0 radical (unpaired) electrons. The van der Waals surface area contributed by atoms with Crippen LogP contribution in [0.1, 0.15) is 39.6 Å². The molecule has 0 spiro atoms. The Balaban J connectivity index is 0.000000237. The monoisotopic (exact) mass is 794 g/mol. The number of hydrogen-bond donors (Lipinski definition) is 4. The van der Waals surface area contributed by atoms with Crippen LogP contribution in [0.5, 0.6) is 11.8 Å². The number of methoxy groups -OCH3 is 2. The van der Waals surface area contributed by atoms with Gasteiger partial charge in [-0.1, -0.05) is 70.1 Å². The van der Waals surface area contributed by atoms with Gasteiger partial charge in [-0.2, -0.15) is 18.4 Å². The van der Waals surface area contributed by atoms with Crippen LogP contribution in [0.3, 0.4) is 0 Å². The van der Waals surface area contributed by atoms with Crippen LogP contribution in [0.2, 0.25) is 10.0 Å². The highest BCUT2D eigenvalue weighted by molar-refractivity contribution is 7.91. The van der Waals surface area contributed by atoms with Gasteiger partial charge in [0.05, 0.1) is 36.7 Å². The van der Waals surface area contributed by atoms with E-state index >= 15 is 0 Å². The maximum Gasteiger partial charge on any atom is 0.375 e. The maximum absolute atomic E-state index is 12.3. The summed E-state index contributed by atoms with van der Waals surface area (Å²) in [7, 11) is -1.61. The van der Waals surface area contributed by atoms with E-state index in [1.807, 2.05) is 0 Å². The Kier molecular flexibility index (Phi) is 12.0. The standard InChI is InChI=1S/C17H19N5O6S.C10H4Cl5N3O2/c1-27-13-9-14(28-2)19-16(18-13)20-17(24)22-29(25,26)21-12-6-4-3-5-11(12)15(23)10-7-8-10;11-4-1-2-6(5(12)3-4)18-9(10(13,14)15)16-7(17-18)8(19)20/h3-6,9-10,21H,7-8H2,1-2H3,(H2,18,19,20,22,24);1-3H,(H,19,20). The zero-order valence-electron chi connectivity index (χ0n) is 24.9. The van der Waals surface area contributed by atoms with E-state index in [1.54, 1.807) is 16.9 Å². The molecule has 2 heterocycles. The summed E-state index contributed by atoms with van der Waals surface area (Å²) < 4.78 is 37.6. The average molecular weight is 797 g/mol. The van der Waals surface area contributed by atoms with Crippen molar-refractivity contribution in [1.82, 2.24) is 29.5 Å². The summed E-state index contributed by atoms with van der Waals surface area (Å²) in [5, 5.41) is 15.5. The smallest absolute Gasteiger partial charge is 0.375 e. The van der Waals surface area contributed by atoms with Crippen molar-refractivity contribution >= 4 is 97.6 Å². The number of carboxylic acids is 1. The highest BCUT2D eigenvalue weighted by Gasteiger charge is 2.34. The minimum atomic E-state index is -4.33. The van der Waals surface area contributed by atoms with Crippen molar-refractivity contribution in [3.05, 3.63) is 75.8 Å². The number of hydrogen-bond acceptors (Lipinski definition) is 11. The molecule has 0 atom stereocenters. The Hall–Kier alpha value is -4.13. The molecule has 1 aliphatic carbocycles. The van der Waals surface area contributed by atoms with Gasteiger partial charge in [0.25, 0.3) is 5.82 Å². The number of ketones is 1. The number of amides is 2. The van der Waals surface area contributed by atoms with E-state index in [-0.39, 0.29) is 57.2 Å². The molecule has 4 N–H and O–H groups in total. The van der Waals surface area contributed by atoms with Crippen molar-refractivity contribution in [3.8, 4) is 17.4 Å². The first-order valence-electron chi connectivity index (χ1n) is 13.5. The fourth-order valence-electron chi connectivity index (χ4n) is 3.85. The molecule has 1 aliphatic rings. The lowest BCUT2D eigenvalue weighted by molar-refractivity contribution is 0.0683. The number of ether oxygens (including phenoxy) is 2. The van der Waals surface area contributed by atoms with Gasteiger partial charge in [-0.15, -0.1) is 5.10 Å². The number of carbonyl (C=O) groups excluding carboxylic acids is 2. The van der Waals surface area contributed by atoms with E-state index in [1.165, 1.54) is 50.6 Å². The first kappa shape index (κ1) is 37.7. The molecule has 0 bridgehead atoms. The van der Waals surface area contributed by atoms with Crippen LogP contribution in [-0.2, 0) is 14.0 Å². The minimum absolute atomic E-state index is 0.0860. The molecule has 49 heavy (non-hydrogen) atoms. The van der Waals surface area contributed by atoms with Crippen molar-refractivity contribution < 1.29 is 37.4 Å². The lowest BCUT2D eigenvalue weighted by Crippen LogP contribution is -2.38. The molecule has 1 fully saturated rings. The molecule has 1 saturated carbocycles. The number of aromatic nitrogens is 5. The fourth-order valence-corrected chi connectivity index (χ4v) is 5.52. The lowest BCUT2D eigenvalue weighted by Gasteiger charge is -2.13. The van der Waals surface area contributed by atoms with Gasteiger partial charge in [0.15, 0.2) is 11.6 Å². The molecule has 16 nitrogen and oxygen atoms in total. The van der Waals surface area contributed by atoms with Gasteiger partial charge in [0.1, 0.15) is 0 Å². The molecule has 0 aliphatic heterocycles. The number of aromatic carboxylic acids is 1. The molecule has 260 valence electrons. The largest absolute Gasteiger partial charge is 0.481 e.